The van der Waals surface area contributed by atoms with Gasteiger partial charge in [0.1, 0.15) is 17.0 Å². The van der Waals surface area contributed by atoms with Crippen LogP contribution in [-0.4, -0.2) is 19.6 Å². The Bertz CT molecular complexity index is 1330. The van der Waals surface area contributed by atoms with Crippen molar-refractivity contribution in [3.8, 4) is 0 Å². The van der Waals surface area contributed by atoms with Gasteiger partial charge < -0.3 is 0 Å². The summed E-state index contributed by atoms with van der Waals surface area (Å²) in [5.74, 6) is 0.874. The van der Waals surface area contributed by atoms with Crippen molar-refractivity contribution in [2.45, 2.75) is 23.8 Å². The Morgan fingerprint density at radius 2 is 1.66 bits per heavy atom. The molecule has 3 aromatic heterocycles. The fourth-order valence-corrected chi connectivity index (χ4v) is 7.15. The smallest absolute Gasteiger partial charge is 0.172 e. The van der Waals surface area contributed by atoms with E-state index in [4.69, 9.17) is 4.98 Å². The number of hydrogen-bond donors (Lipinski definition) is 0. The van der Waals surface area contributed by atoms with Crippen LogP contribution in [0.1, 0.15) is 37.9 Å². The van der Waals surface area contributed by atoms with Crippen molar-refractivity contribution < 1.29 is 0 Å². The van der Waals surface area contributed by atoms with Crippen LogP contribution in [-0.2, 0) is 6.42 Å². The third-order valence-corrected chi connectivity index (χ3v) is 8.50. The van der Waals surface area contributed by atoms with Crippen molar-refractivity contribution in [2.75, 3.05) is 0 Å². The Morgan fingerprint density at radius 3 is 2.41 bits per heavy atom. The molecule has 142 valence electrons. The summed E-state index contributed by atoms with van der Waals surface area (Å²) >= 11 is 3.86. The van der Waals surface area contributed by atoms with Crippen molar-refractivity contribution in [1.29, 1.82) is 0 Å². The van der Waals surface area contributed by atoms with Crippen molar-refractivity contribution >= 4 is 39.0 Å². The average molecular weight is 415 g/mol. The third kappa shape index (κ3) is 2.70. The molecule has 0 amide bonds. The zero-order valence-corrected chi connectivity index (χ0v) is 17.5. The molecular formula is C23H18N4S2. The first-order valence-electron chi connectivity index (χ1n) is 9.66. The van der Waals surface area contributed by atoms with Crippen LogP contribution in [0.2, 0.25) is 0 Å². The minimum Gasteiger partial charge on any atom is -0.269 e. The van der Waals surface area contributed by atoms with Gasteiger partial charge in [-0.1, -0.05) is 60.7 Å². The summed E-state index contributed by atoms with van der Waals surface area (Å²) < 4.78 is 2.01. The van der Waals surface area contributed by atoms with E-state index in [1.807, 2.05) is 40.8 Å². The Kier molecular flexibility index (Phi) is 3.96. The SMILES string of the molecule is Cc1nnc2c3c4c(sc3ncn12)C(c1ccccc1)SC(c1ccccc1)C4. The van der Waals surface area contributed by atoms with Gasteiger partial charge in [-0.05, 0) is 30.0 Å². The van der Waals surface area contributed by atoms with E-state index in [2.05, 4.69) is 70.9 Å². The van der Waals surface area contributed by atoms with Crippen LogP contribution in [0, 0.1) is 6.92 Å². The zero-order valence-electron chi connectivity index (χ0n) is 15.8. The van der Waals surface area contributed by atoms with Crippen LogP contribution in [0.3, 0.4) is 0 Å². The third-order valence-electron chi connectivity index (χ3n) is 5.60. The zero-order chi connectivity index (χ0) is 19.4. The van der Waals surface area contributed by atoms with Gasteiger partial charge in [-0.3, -0.25) is 4.40 Å². The molecule has 0 radical (unpaired) electrons. The van der Waals surface area contributed by atoms with Crippen LogP contribution in [0.15, 0.2) is 67.0 Å². The maximum Gasteiger partial charge on any atom is 0.172 e. The van der Waals surface area contributed by atoms with Crippen LogP contribution >= 0.6 is 23.1 Å². The summed E-state index contributed by atoms with van der Waals surface area (Å²) in [6.45, 7) is 1.97. The number of aromatic nitrogens is 4. The van der Waals surface area contributed by atoms with E-state index in [1.165, 1.54) is 27.0 Å². The van der Waals surface area contributed by atoms with E-state index >= 15 is 0 Å². The Hall–Kier alpha value is -2.70. The van der Waals surface area contributed by atoms with Crippen molar-refractivity contribution in [2.24, 2.45) is 0 Å². The number of thiophene rings is 1. The lowest BCUT2D eigenvalue weighted by atomic mass is 9.98. The highest BCUT2D eigenvalue weighted by atomic mass is 32.2. The first-order chi connectivity index (χ1) is 14.3. The van der Waals surface area contributed by atoms with Crippen molar-refractivity contribution in [1.82, 2.24) is 19.6 Å². The maximum atomic E-state index is 4.77. The number of rotatable bonds is 2. The molecule has 0 saturated heterocycles. The van der Waals surface area contributed by atoms with E-state index < -0.39 is 0 Å². The van der Waals surface area contributed by atoms with Crippen LogP contribution in [0.25, 0.3) is 15.9 Å². The van der Waals surface area contributed by atoms with Crippen molar-refractivity contribution in [3.05, 3.63) is 94.4 Å². The molecule has 0 aliphatic carbocycles. The largest absolute Gasteiger partial charge is 0.269 e. The fraction of sp³-hybridized carbons (Fsp3) is 0.174. The molecule has 4 nitrogen and oxygen atoms in total. The molecule has 5 aromatic rings. The fourth-order valence-electron chi connectivity index (χ4n) is 4.17. The molecule has 29 heavy (non-hydrogen) atoms. The second kappa shape index (κ2) is 6.68. The molecule has 0 spiro atoms. The van der Waals surface area contributed by atoms with Gasteiger partial charge in [-0.15, -0.1) is 33.3 Å². The Morgan fingerprint density at radius 1 is 0.931 bits per heavy atom. The molecule has 0 bridgehead atoms. The Balaban J connectivity index is 1.61. The first-order valence-corrected chi connectivity index (χ1v) is 11.4. The second-order valence-electron chi connectivity index (χ2n) is 7.34. The number of aryl methyl sites for hydroxylation is 1. The van der Waals surface area contributed by atoms with Gasteiger partial charge in [0.05, 0.1) is 10.6 Å². The molecule has 1 aliphatic heterocycles. The van der Waals surface area contributed by atoms with Crippen LogP contribution < -0.4 is 0 Å². The molecule has 0 fully saturated rings. The van der Waals surface area contributed by atoms with E-state index in [9.17, 15) is 0 Å². The molecule has 2 aromatic carbocycles. The molecule has 1 aliphatic rings. The molecule has 0 saturated carbocycles. The average Bonchev–Trinajstić information content (AvgIpc) is 3.34. The summed E-state index contributed by atoms with van der Waals surface area (Å²) in [5.41, 5.74) is 5.04. The lowest BCUT2D eigenvalue weighted by Crippen LogP contribution is -2.11. The predicted molar refractivity (Wildman–Crippen MR) is 120 cm³/mol. The lowest BCUT2D eigenvalue weighted by molar-refractivity contribution is 0.894. The van der Waals surface area contributed by atoms with Gasteiger partial charge in [0, 0.05) is 10.1 Å². The number of hydrogen-bond acceptors (Lipinski definition) is 5. The van der Waals surface area contributed by atoms with E-state index in [0.29, 0.717) is 10.5 Å². The topological polar surface area (TPSA) is 43.1 Å². The number of benzene rings is 2. The molecule has 6 heteroatoms. The predicted octanol–water partition coefficient (Wildman–Crippen LogP) is 5.77. The van der Waals surface area contributed by atoms with Crippen LogP contribution in [0.4, 0.5) is 0 Å². The summed E-state index contributed by atoms with van der Waals surface area (Å²) in [4.78, 5) is 7.23. The Labute approximate surface area is 176 Å². The van der Waals surface area contributed by atoms with E-state index in [0.717, 1.165) is 22.7 Å². The van der Waals surface area contributed by atoms with E-state index in [-0.39, 0.29) is 0 Å². The number of nitrogens with zero attached hydrogens (tertiary/aromatic N) is 4. The first kappa shape index (κ1) is 17.2. The highest BCUT2D eigenvalue weighted by Gasteiger charge is 2.34. The monoisotopic (exact) mass is 414 g/mol. The van der Waals surface area contributed by atoms with E-state index in [1.54, 1.807) is 0 Å². The summed E-state index contributed by atoms with van der Waals surface area (Å²) in [6, 6.07) is 21.7. The molecule has 2 unspecified atom stereocenters. The van der Waals surface area contributed by atoms with Crippen molar-refractivity contribution in [3.63, 3.8) is 0 Å². The summed E-state index contributed by atoms with van der Waals surface area (Å²) in [5, 5.41) is 10.7. The molecular weight excluding hydrogens is 396 g/mol. The normalized spacial score (nSPS) is 18.9. The standard InChI is InChI=1S/C23H18N4S2/c1-14-25-26-22-19-17-12-18(15-8-4-2-5-9-15)28-20(16-10-6-3-7-11-16)21(17)29-23(19)24-13-27(14)22/h2-11,13,18,20H,12H2,1H3. The van der Waals surface area contributed by atoms with Gasteiger partial charge in [0.25, 0.3) is 0 Å². The minimum absolute atomic E-state index is 0.299. The van der Waals surface area contributed by atoms with Gasteiger partial charge >= 0.3 is 0 Å². The lowest BCUT2D eigenvalue weighted by Gasteiger charge is -2.30. The summed E-state index contributed by atoms with van der Waals surface area (Å²) in [7, 11) is 0. The van der Waals surface area contributed by atoms with Gasteiger partial charge in [0.15, 0.2) is 5.65 Å². The summed E-state index contributed by atoms with van der Waals surface area (Å²) in [6.07, 6.45) is 2.84. The highest BCUT2D eigenvalue weighted by molar-refractivity contribution is 8.00. The molecule has 2 atom stereocenters. The molecule has 4 heterocycles. The second-order valence-corrected chi connectivity index (χ2v) is 9.68. The number of fused-ring (bicyclic) bond motifs is 5. The quantitative estimate of drug-likeness (QED) is 0.368. The van der Waals surface area contributed by atoms with Gasteiger partial charge in [0.2, 0.25) is 0 Å². The minimum atomic E-state index is 0.299. The highest BCUT2D eigenvalue weighted by Crippen LogP contribution is 2.55. The molecule has 0 N–H and O–H groups in total. The van der Waals surface area contributed by atoms with Crippen LogP contribution in [0.5, 0.6) is 0 Å². The van der Waals surface area contributed by atoms with Gasteiger partial charge in [-0.2, -0.15) is 0 Å². The maximum absolute atomic E-state index is 4.77. The number of thioether (sulfide) groups is 1. The molecule has 6 rings (SSSR count). The van der Waals surface area contributed by atoms with Gasteiger partial charge in [-0.25, -0.2) is 4.98 Å².